The maximum absolute atomic E-state index is 12.4. The first-order valence-electron chi connectivity index (χ1n) is 7.10. The first-order chi connectivity index (χ1) is 9.28. The Hall–Kier alpha value is -1.29. The lowest BCUT2D eigenvalue weighted by Gasteiger charge is -2.35. The van der Waals surface area contributed by atoms with E-state index in [4.69, 9.17) is 4.74 Å². The van der Waals surface area contributed by atoms with Crippen LogP contribution in [0.3, 0.4) is 0 Å². The molecule has 1 aliphatic heterocycles. The van der Waals surface area contributed by atoms with E-state index in [1.54, 1.807) is 7.11 Å². The Morgan fingerprint density at radius 3 is 2.63 bits per heavy atom. The molecule has 1 saturated carbocycles. The van der Waals surface area contributed by atoms with Crippen molar-refractivity contribution in [2.24, 2.45) is 0 Å². The van der Waals surface area contributed by atoms with E-state index < -0.39 is 0 Å². The molecule has 0 aromatic rings. The molecule has 0 unspecified atom stereocenters. The predicted molar refractivity (Wildman–Crippen MR) is 73.3 cm³/mol. The third-order valence-corrected chi connectivity index (χ3v) is 4.10. The second-order valence-corrected chi connectivity index (χ2v) is 5.41. The molecule has 0 spiro atoms. The van der Waals surface area contributed by atoms with Crippen LogP contribution in [0.4, 0.5) is 0 Å². The van der Waals surface area contributed by atoms with Gasteiger partial charge in [-0.2, -0.15) is 0 Å². The van der Waals surface area contributed by atoms with Gasteiger partial charge in [0.25, 0.3) is 5.91 Å². The number of ether oxygens (including phenoxy) is 1. The number of piperazine rings is 1. The maximum atomic E-state index is 12.4. The van der Waals surface area contributed by atoms with Gasteiger partial charge in [0.2, 0.25) is 0 Å². The largest absolute Gasteiger partial charge is 0.501 e. The SMILES string of the molecule is COC1=CC(C(=O)N2CCN(C3CC3)CC2)=CC[CH]1. The summed E-state index contributed by atoms with van der Waals surface area (Å²) in [5, 5.41) is 0. The summed E-state index contributed by atoms with van der Waals surface area (Å²) in [6.45, 7) is 3.76. The molecule has 1 radical (unpaired) electrons. The van der Waals surface area contributed by atoms with E-state index in [2.05, 4.69) is 4.90 Å². The molecule has 2 fully saturated rings. The molecule has 1 amide bonds. The first-order valence-corrected chi connectivity index (χ1v) is 7.10. The summed E-state index contributed by atoms with van der Waals surface area (Å²) in [5.74, 6) is 0.945. The van der Waals surface area contributed by atoms with E-state index in [-0.39, 0.29) is 5.91 Å². The molecule has 4 heteroatoms. The van der Waals surface area contributed by atoms with Gasteiger partial charge in [-0.3, -0.25) is 9.69 Å². The van der Waals surface area contributed by atoms with E-state index in [1.807, 2.05) is 23.5 Å². The van der Waals surface area contributed by atoms with Crippen LogP contribution in [0.1, 0.15) is 19.3 Å². The monoisotopic (exact) mass is 261 g/mol. The van der Waals surface area contributed by atoms with Crippen LogP contribution >= 0.6 is 0 Å². The third kappa shape index (κ3) is 2.84. The van der Waals surface area contributed by atoms with E-state index in [1.165, 1.54) is 12.8 Å². The summed E-state index contributed by atoms with van der Waals surface area (Å²) in [6, 6.07) is 0.806. The number of rotatable bonds is 3. The second kappa shape index (κ2) is 5.37. The van der Waals surface area contributed by atoms with Crippen LogP contribution in [0, 0.1) is 6.42 Å². The average molecular weight is 261 g/mol. The Bertz CT molecular complexity index is 416. The maximum Gasteiger partial charge on any atom is 0.253 e. The highest BCUT2D eigenvalue weighted by Crippen LogP contribution is 2.28. The smallest absolute Gasteiger partial charge is 0.253 e. The van der Waals surface area contributed by atoms with Crippen molar-refractivity contribution in [1.29, 1.82) is 0 Å². The summed E-state index contributed by atoms with van der Waals surface area (Å²) in [6.07, 6.45) is 9.28. The van der Waals surface area contributed by atoms with E-state index in [0.717, 1.165) is 50.0 Å². The van der Waals surface area contributed by atoms with Crippen molar-refractivity contribution in [3.63, 3.8) is 0 Å². The zero-order chi connectivity index (χ0) is 13.2. The molecule has 103 valence electrons. The summed E-state index contributed by atoms with van der Waals surface area (Å²) >= 11 is 0. The number of methoxy groups -OCH3 is 1. The number of hydrogen-bond acceptors (Lipinski definition) is 3. The van der Waals surface area contributed by atoms with Crippen molar-refractivity contribution in [1.82, 2.24) is 9.80 Å². The van der Waals surface area contributed by atoms with Gasteiger partial charge in [0.1, 0.15) is 5.76 Å². The molecular formula is C15H21N2O2. The van der Waals surface area contributed by atoms with Gasteiger partial charge in [0.05, 0.1) is 7.11 Å². The molecule has 1 saturated heterocycles. The van der Waals surface area contributed by atoms with Crippen molar-refractivity contribution >= 4 is 5.91 Å². The highest BCUT2D eigenvalue weighted by molar-refractivity contribution is 5.96. The molecular weight excluding hydrogens is 240 g/mol. The van der Waals surface area contributed by atoms with Crippen LogP contribution in [0.15, 0.2) is 23.5 Å². The lowest BCUT2D eigenvalue weighted by Crippen LogP contribution is -2.49. The molecule has 0 atom stereocenters. The van der Waals surface area contributed by atoms with Crippen molar-refractivity contribution in [2.45, 2.75) is 25.3 Å². The lowest BCUT2D eigenvalue weighted by atomic mass is 10.0. The summed E-state index contributed by atoms with van der Waals surface area (Å²) < 4.78 is 5.20. The average Bonchev–Trinajstić information content (AvgIpc) is 3.31. The molecule has 4 nitrogen and oxygen atoms in total. The van der Waals surface area contributed by atoms with Crippen molar-refractivity contribution in [3.05, 3.63) is 29.9 Å². The number of carbonyl (C=O) groups excluding carboxylic acids is 1. The molecule has 2 aliphatic carbocycles. The fraction of sp³-hybridized carbons (Fsp3) is 0.600. The summed E-state index contributed by atoms with van der Waals surface area (Å²) in [5.41, 5.74) is 0.777. The van der Waals surface area contributed by atoms with Crippen molar-refractivity contribution in [2.75, 3.05) is 33.3 Å². The van der Waals surface area contributed by atoms with Crippen LogP contribution in [-0.4, -0.2) is 55.0 Å². The first kappa shape index (κ1) is 12.7. The van der Waals surface area contributed by atoms with Gasteiger partial charge in [0, 0.05) is 44.2 Å². The van der Waals surface area contributed by atoms with Crippen LogP contribution in [0.2, 0.25) is 0 Å². The van der Waals surface area contributed by atoms with Gasteiger partial charge in [-0.1, -0.05) is 6.08 Å². The fourth-order valence-electron chi connectivity index (χ4n) is 2.78. The normalized spacial score (nSPS) is 24.8. The minimum absolute atomic E-state index is 0.151. The highest BCUT2D eigenvalue weighted by Gasteiger charge is 2.32. The predicted octanol–water partition coefficient (Wildman–Crippen LogP) is 1.36. The number of amides is 1. The third-order valence-electron chi connectivity index (χ3n) is 4.10. The fourth-order valence-corrected chi connectivity index (χ4v) is 2.78. The Kier molecular flexibility index (Phi) is 3.60. The minimum atomic E-state index is 0.151. The molecule has 0 N–H and O–H groups in total. The van der Waals surface area contributed by atoms with Gasteiger partial charge in [-0.15, -0.1) is 0 Å². The standard InChI is InChI=1S/C15H21N2O2/c1-19-14-4-2-3-12(11-14)15(18)17-9-7-16(8-10-17)13-5-6-13/h3-4,11,13H,2,5-10H2,1H3. The number of hydrogen-bond donors (Lipinski definition) is 0. The Labute approximate surface area is 114 Å². The van der Waals surface area contributed by atoms with Gasteiger partial charge in [-0.25, -0.2) is 0 Å². The summed E-state index contributed by atoms with van der Waals surface area (Å²) in [7, 11) is 1.64. The molecule has 3 aliphatic rings. The highest BCUT2D eigenvalue weighted by atomic mass is 16.5. The molecule has 0 aromatic carbocycles. The lowest BCUT2D eigenvalue weighted by molar-refractivity contribution is -0.128. The minimum Gasteiger partial charge on any atom is -0.501 e. The Morgan fingerprint density at radius 1 is 1.26 bits per heavy atom. The van der Waals surface area contributed by atoms with Crippen LogP contribution in [0.25, 0.3) is 0 Å². The van der Waals surface area contributed by atoms with E-state index in [9.17, 15) is 4.79 Å². The Morgan fingerprint density at radius 2 is 2.00 bits per heavy atom. The topological polar surface area (TPSA) is 32.8 Å². The molecule has 19 heavy (non-hydrogen) atoms. The number of carbonyl (C=O) groups is 1. The van der Waals surface area contributed by atoms with Gasteiger partial charge >= 0.3 is 0 Å². The molecule has 0 aromatic heterocycles. The molecule has 1 heterocycles. The van der Waals surface area contributed by atoms with E-state index in [0.29, 0.717) is 0 Å². The summed E-state index contributed by atoms with van der Waals surface area (Å²) in [4.78, 5) is 16.9. The quantitative estimate of drug-likeness (QED) is 0.769. The van der Waals surface area contributed by atoms with Gasteiger partial charge in [-0.05, 0) is 25.3 Å². The second-order valence-electron chi connectivity index (χ2n) is 5.41. The van der Waals surface area contributed by atoms with Crippen LogP contribution in [-0.2, 0) is 9.53 Å². The van der Waals surface area contributed by atoms with Crippen molar-refractivity contribution in [3.8, 4) is 0 Å². The van der Waals surface area contributed by atoms with Gasteiger partial charge in [0.15, 0.2) is 0 Å². The molecule has 3 rings (SSSR count). The zero-order valence-corrected chi connectivity index (χ0v) is 11.5. The zero-order valence-electron chi connectivity index (χ0n) is 11.5. The number of allylic oxidation sites excluding steroid dienone is 2. The number of nitrogens with zero attached hydrogens (tertiary/aromatic N) is 2. The van der Waals surface area contributed by atoms with Crippen molar-refractivity contribution < 1.29 is 9.53 Å². The van der Waals surface area contributed by atoms with Crippen LogP contribution < -0.4 is 0 Å². The Balaban J connectivity index is 1.58. The molecule has 0 bridgehead atoms. The van der Waals surface area contributed by atoms with E-state index >= 15 is 0 Å². The van der Waals surface area contributed by atoms with Gasteiger partial charge < -0.3 is 9.64 Å². The van der Waals surface area contributed by atoms with Crippen LogP contribution in [0.5, 0.6) is 0 Å².